The third-order valence-corrected chi connectivity index (χ3v) is 3.67. The number of amides is 1. The minimum absolute atomic E-state index is 0.00941. The molecule has 1 heterocycles. The molecule has 1 aliphatic heterocycles. The number of benzene rings is 1. The molecule has 1 N–H and O–H groups in total. The largest absolute Gasteiger partial charge is 0.312 e. The highest BCUT2D eigenvalue weighted by Gasteiger charge is 2.21. The number of nitrogens with zero attached hydrogens (tertiary/aromatic N) is 1. The third-order valence-electron chi connectivity index (χ3n) is 2.17. The van der Waals surface area contributed by atoms with Gasteiger partial charge >= 0.3 is 0 Å². The molecule has 1 atom stereocenters. The number of nitrogens with one attached hydrogen (secondary N) is 1. The van der Waals surface area contributed by atoms with Crippen LogP contribution in [0.1, 0.15) is 6.92 Å². The van der Waals surface area contributed by atoms with Crippen LogP contribution in [0.5, 0.6) is 0 Å². The second-order valence-electron chi connectivity index (χ2n) is 3.49. The molecular weight excluding hydrogens is 288 g/mol. The van der Waals surface area contributed by atoms with E-state index in [9.17, 15) is 4.79 Å². The first kappa shape index (κ1) is 11.7. The highest BCUT2D eigenvalue weighted by Crippen LogP contribution is 2.22. The van der Waals surface area contributed by atoms with Crippen molar-refractivity contribution in [3.05, 3.63) is 28.7 Å². The molecule has 3 nitrogen and oxygen atoms in total. The number of carbonyl (C=O) groups excluding carboxylic acids is 1. The van der Waals surface area contributed by atoms with E-state index in [0.717, 1.165) is 15.2 Å². The van der Waals surface area contributed by atoms with E-state index in [0.29, 0.717) is 5.75 Å². The fourth-order valence-electron chi connectivity index (χ4n) is 1.35. The van der Waals surface area contributed by atoms with Crippen LogP contribution in [0.25, 0.3) is 0 Å². The lowest BCUT2D eigenvalue weighted by atomic mass is 10.4. The Kier molecular flexibility index (Phi) is 3.66. The van der Waals surface area contributed by atoms with Gasteiger partial charge in [0, 0.05) is 9.37 Å². The Bertz CT molecular complexity index is 447. The fraction of sp³-hybridized carbons (Fsp3) is 0.273. The van der Waals surface area contributed by atoms with Crippen LogP contribution >= 0.6 is 27.7 Å². The minimum atomic E-state index is -0.238. The van der Waals surface area contributed by atoms with E-state index in [1.54, 1.807) is 18.7 Å². The Hall–Kier alpha value is -0.810. The van der Waals surface area contributed by atoms with Crippen molar-refractivity contribution in [3.8, 4) is 0 Å². The first-order chi connectivity index (χ1) is 7.65. The highest BCUT2D eigenvalue weighted by molar-refractivity contribution is 9.10. The van der Waals surface area contributed by atoms with E-state index >= 15 is 0 Å². The number of carbonyl (C=O) groups is 1. The van der Waals surface area contributed by atoms with Crippen molar-refractivity contribution >= 4 is 39.4 Å². The molecule has 0 aromatic heterocycles. The molecule has 0 bridgehead atoms. The normalized spacial score (nSPS) is 19.5. The predicted octanol–water partition coefficient (Wildman–Crippen LogP) is 2.46. The Morgan fingerprint density at radius 2 is 2.38 bits per heavy atom. The Morgan fingerprint density at radius 1 is 1.56 bits per heavy atom. The van der Waals surface area contributed by atoms with Crippen molar-refractivity contribution in [3.63, 3.8) is 0 Å². The summed E-state index contributed by atoms with van der Waals surface area (Å²) in [6.07, 6.45) is 0. The molecule has 2 rings (SSSR count). The molecule has 1 aliphatic rings. The molecule has 84 valence electrons. The molecule has 16 heavy (non-hydrogen) atoms. The topological polar surface area (TPSA) is 41.5 Å². The van der Waals surface area contributed by atoms with Gasteiger partial charge in [-0.3, -0.25) is 9.79 Å². The number of hydrogen-bond donors (Lipinski definition) is 1. The van der Waals surface area contributed by atoms with Gasteiger partial charge < -0.3 is 5.32 Å². The Morgan fingerprint density at radius 3 is 3.00 bits per heavy atom. The number of halogens is 1. The molecule has 5 heteroatoms. The van der Waals surface area contributed by atoms with Gasteiger partial charge in [-0.15, -0.1) is 11.8 Å². The molecule has 0 spiro atoms. The van der Waals surface area contributed by atoms with Crippen LogP contribution in [-0.4, -0.2) is 23.5 Å². The summed E-state index contributed by atoms with van der Waals surface area (Å²) in [6.45, 7) is 1.80. The van der Waals surface area contributed by atoms with Crippen LogP contribution in [0.3, 0.4) is 0 Å². The molecule has 0 saturated heterocycles. The molecule has 0 fully saturated rings. The van der Waals surface area contributed by atoms with E-state index in [1.807, 2.05) is 24.3 Å². The summed E-state index contributed by atoms with van der Waals surface area (Å²) in [5, 5.41) is 2.77. The second-order valence-corrected chi connectivity index (χ2v) is 5.45. The van der Waals surface area contributed by atoms with Gasteiger partial charge in [-0.05, 0) is 25.1 Å². The van der Waals surface area contributed by atoms with Crippen molar-refractivity contribution in [2.75, 3.05) is 5.75 Å². The molecule has 1 aromatic rings. The van der Waals surface area contributed by atoms with Crippen LogP contribution in [0.15, 0.2) is 38.6 Å². The number of hydrogen-bond acceptors (Lipinski definition) is 3. The monoisotopic (exact) mass is 298 g/mol. The lowest BCUT2D eigenvalue weighted by Gasteiger charge is -2.02. The molecule has 1 aromatic carbocycles. The van der Waals surface area contributed by atoms with Crippen molar-refractivity contribution in [2.24, 2.45) is 4.99 Å². The quantitative estimate of drug-likeness (QED) is 0.871. The van der Waals surface area contributed by atoms with Gasteiger partial charge in [0.1, 0.15) is 11.9 Å². The van der Waals surface area contributed by atoms with E-state index in [4.69, 9.17) is 0 Å². The Labute approximate surface area is 107 Å². The summed E-state index contributed by atoms with van der Waals surface area (Å²) in [6, 6.07) is 7.82. The highest BCUT2D eigenvalue weighted by atomic mass is 79.9. The van der Waals surface area contributed by atoms with Gasteiger partial charge in [0.2, 0.25) is 5.91 Å². The molecule has 0 aliphatic carbocycles. The predicted molar refractivity (Wildman–Crippen MR) is 69.9 cm³/mol. The average Bonchev–Trinajstić information content (AvgIpc) is 2.56. The molecule has 0 saturated carbocycles. The smallest absolute Gasteiger partial charge is 0.249 e. The zero-order chi connectivity index (χ0) is 11.5. The van der Waals surface area contributed by atoms with Gasteiger partial charge in [0.25, 0.3) is 0 Å². The van der Waals surface area contributed by atoms with Crippen molar-refractivity contribution in [1.29, 1.82) is 0 Å². The zero-order valence-electron chi connectivity index (χ0n) is 8.74. The molecule has 1 unspecified atom stereocenters. The Balaban J connectivity index is 1.93. The maximum atomic E-state index is 11.2. The van der Waals surface area contributed by atoms with Gasteiger partial charge in [-0.1, -0.05) is 22.0 Å². The second kappa shape index (κ2) is 5.01. The minimum Gasteiger partial charge on any atom is -0.312 e. The van der Waals surface area contributed by atoms with Gasteiger partial charge in [-0.2, -0.15) is 0 Å². The lowest BCUT2D eigenvalue weighted by Crippen LogP contribution is -2.28. The first-order valence-corrected chi connectivity index (χ1v) is 6.69. The van der Waals surface area contributed by atoms with Crippen LogP contribution in [0.4, 0.5) is 0 Å². The summed E-state index contributed by atoms with van der Waals surface area (Å²) in [7, 11) is 0. The summed E-state index contributed by atoms with van der Waals surface area (Å²) in [4.78, 5) is 16.6. The number of thioether (sulfide) groups is 1. The lowest BCUT2D eigenvalue weighted by molar-refractivity contribution is -0.119. The van der Waals surface area contributed by atoms with E-state index in [1.165, 1.54) is 0 Å². The standard InChI is InChI=1S/C11H11BrN2OS/c1-7-11(15)14-10(13-7)6-16-9-4-2-3-8(12)5-9/h2-5,7H,6H2,1H3,(H,13,14,15). The maximum absolute atomic E-state index is 11.2. The van der Waals surface area contributed by atoms with E-state index in [-0.39, 0.29) is 11.9 Å². The summed E-state index contributed by atoms with van der Waals surface area (Å²) < 4.78 is 1.06. The summed E-state index contributed by atoms with van der Waals surface area (Å²) >= 11 is 5.08. The number of amidine groups is 1. The zero-order valence-corrected chi connectivity index (χ0v) is 11.1. The number of rotatable bonds is 3. The van der Waals surface area contributed by atoms with Crippen molar-refractivity contribution < 1.29 is 4.79 Å². The first-order valence-electron chi connectivity index (χ1n) is 4.91. The van der Waals surface area contributed by atoms with Gasteiger partial charge in [-0.25, -0.2) is 0 Å². The van der Waals surface area contributed by atoms with Crippen molar-refractivity contribution in [1.82, 2.24) is 5.32 Å². The average molecular weight is 299 g/mol. The molecular formula is C11H11BrN2OS. The van der Waals surface area contributed by atoms with Crippen LogP contribution in [0.2, 0.25) is 0 Å². The van der Waals surface area contributed by atoms with Crippen LogP contribution in [0, 0.1) is 0 Å². The fourth-order valence-corrected chi connectivity index (χ4v) is 2.74. The summed E-state index contributed by atoms with van der Waals surface area (Å²) in [5.74, 6) is 1.46. The van der Waals surface area contributed by atoms with E-state index in [2.05, 4.69) is 26.2 Å². The van der Waals surface area contributed by atoms with E-state index < -0.39 is 0 Å². The maximum Gasteiger partial charge on any atom is 0.249 e. The molecule has 1 amide bonds. The van der Waals surface area contributed by atoms with Crippen molar-refractivity contribution in [2.45, 2.75) is 17.9 Å². The van der Waals surface area contributed by atoms with Gasteiger partial charge in [0.05, 0.1) is 5.75 Å². The summed E-state index contributed by atoms with van der Waals surface area (Å²) in [5.41, 5.74) is 0. The third kappa shape index (κ3) is 2.86. The van der Waals surface area contributed by atoms with Crippen LogP contribution in [-0.2, 0) is 4.79 Å². The number of aliphatic imine (C=N–C) groups is 1. The molecule has 0 radical (unpaired) electrons. The SMILES string of the molecule is CC1N=C(CSc2cccc(Br)c2)NC1=O. The van der Waals surface area contributed by atoms with Gasteiger partial charge in [0.15, 0.2) is 0 Å². The van der Waals surface area contributed by atoms with Crippen LogP contribution < -0.4 is 5.32 Å².